The molecular weight excluding hydrogens is 248 g/mol. The van der Waals surface area contributed by atoms with Crippen molar-refractivity contribution in [2.45, 2.75) is 18.9 Å². The number of benzene rings is 1. The predicted molar refractivity (Wildman–Crippen MR) is 80.7 cm³/mol. The summed E-state index contributed by atoms with van der Waals surface area (Å²) in [5.41, 5.74) is 1.48. The molecule has 1 aromatic carbocycles. The van der Waals surface area contributed by atoms with Gasteiger partial charge in [0.1, 0.15) is 5.76 Å². The Morgan fingerprint density at radius 3 is 2.85 bits per heavy atom. The van der Waals surface area contributed by atoms with E-state index in [1.165, 1.54) is 25.1 Å². The van der Waals surface area contributed by atoms with E-state index in [0.717, 1.165) is 25.4 Å². The fraction of sp³-hybridized carbons (Fsp3) is 0.412. The molecule has 1 aliphatic rings. The van der Waals surface area contributed by atoms with Crippen molar-refractivity contribution in [1.82, 2.24) is 10.2 Å². The van der Waals surface area contributed by atoms with Gasteiger partial charge < -0.3 is 14.6 Å². The molecule has 0 spiro atoms. The summed E-state index contributed by atoms with van der Waals surface area (Å²) in [6.45, 7) is 5.35. The number of nitrogens with zero attached hydrogens (tertiary/aromatic N) is 1. The van der Waals surface area contributed by atoms with Crippen molar-refractivity contribution in [1.29, 1.82) is 0 Å². The van der Waals surface area contributed by atoms with Gasteiger partial charge >= 0.3 is 0 Å². The lowest BCUT2D eigenvalue weighted by Crippen LogP contribution is -2.30. The number of hydrogen-bond acceptors (Lipinski definition) is 3. The van der Waals surface area contributed by atoms with Crippen LogP contribution in [-0.4, -0.2) is 31.1 Å². The topological polar surface area (TPSA) is 28.4 Å². The van der Waals surface area contributed by atoms with Gasteiger partial charge in [-0.05, 0) is 36.6 Å². The summed E-state index contributed by atoms with van der Waals surface area (Å²) in [6, 6.07) is 14.8. The van der Waals surface area contributed by atoms with Crippen molar-refractivity contribution in [3.63, 3.8) is 0 Å². The van der Waals surface area contributed by atoms with Gasteiger partial charge in [0.25, 0.3) is 0 Å². The first-order valence-corrected chi connectivity index (χ1v) is 7.42. The van der Waals surface area contributed by atoms with Gasteiger partial charge in [-0.2, -0.15) is 0 Å². The first-order valence-electron chi connectivity index (χ1n) is 7.42. The molecule has 1 aromatic heterocycles. The second-order valence-corrected chi connectivity index (χ2v) is 5.45. The Bertz CT molecular complexity index is 495. The Hall–Kier alpha value is -1.58. The van der Waals surface area contributed by atoms with Crippen molar-refractivity contribution in [3.05, 3.63) is 60.1 Å². The predicted octanol–water partition coefficient (Wildman–Crippen LogP) is 2.86. The average molecular weight is 270 g/mol. The molecule has 1 N–H and O–H groups in total. The summed E-state index contributed by atoms with van der Waals surface area (Å²) in [7, 11) is 0. The molecular formula is C17H22N2O. The van der Waals surface area contributed by atoms with E-state index in [4.69, 9.17) is 4.42 Å². The summed E-state index contributed by atoms with van der Waals surface area (Å²) in [5.74, 6) is 1.72. The maximum atomic E-state index is 5.30. The van der Waals surface area contributed by atoms with Crippen LogP contribution < -0.4 is 5.32 Å². The summed E-state index contributed by atoms with van der Waals surface area (Å²) in [6.07, 6.45) is 3.00. The number of nitrogens with one attached hydrogen (secondary N) is 1. The maximum absolute atomic E-state index is 5.30. The van der Waals surface area contributed by atoms with Gasteiger partial charge in [0, 0.05) is 19.6 Å². The molecule has 0 amide bonds. The Balaban J connectivity index is 1.38. The van der Waals surface area contributed by atoms with Crippen molar-refractivity contribution >= 4 is 0 Å². The summed E-state index contributed by atoms with van der Waals surface area (Å²) >= 11 is 0. The zero-order valence-corrected chi connectivity index (χ0v) is 11.8. The SMILES string of the molecule is c1ccc(C2CCN(CCNCc3ccco3)C2)cc1. The van der Waals surface area contributed by atoms with Crippen LogP contribution in [0, 0.1) is 0 Å². The van der Waals surface area contributed by atoms with Crippen LogP contribution in [0.4, 0.5) is 0 Å². The van der Waals surface area contributed by atoms with E-state index in [1.54, 1.807) is 6.26 Å². The lowest BCUT2D eigenvalue weighted by molar-refractivity contribution is 0.328. The van der Waals surface area contributed by atoms with E-state index in [1.807, 2.05) is 12.1 Å². The minimum absolute atomic E-state index is 0.710. The zero-order valence-electron chi connectivity index (χ0n) is 11.8. The highest BCUT2D eigenvalue weighted by atomic mass is 16.3. The molecule has 3 nitrogen and oxygen atoms in total. The van der Waals surface area contributed by atoms with Crippen molar-refractivity contribution in [2.24, 2.45) is 0 Å². The Morgan fingerprint density at radius 1 is 1.15 bits per heavy atom. The zero-order chi connectivity index (χ0) is 13.6. The molecule has 0 bridgehead atoms. The van der Waals surface area contributed by atoms with Crippen LogP contribution >= 0.6 is 0 Å². The second kappa shape index (κ2) is 6.73. The Kier molecular flexibility index (Phi) is 4.51. The molecule has 2 heterocycles. The van der Waals surface area contributed by atoms with Gasteiger partial charge in [-0.25, -0.2) is 0 Å². The molecule has 1 aliphatic heterocycles. The van der Waals surface area contributed by atoms with Gasteiger partial charge in [0.05, 0.1) is 12.8 Å². The van der Waals surface area contributed by atoms with Gasteiger partial charge in [-0.3, -0.25) is 0 Å². The number of likely N-dealkylation sites (tertiary alicyclic amines) is 1. The second-order valence-electron chi connectivity index (χ2n) is 5.45. The first-order chi connectivity index (χ1) is 9.92. The fourth-order valence-electron chi connectivity index (χ4n) is 2.89. The van der Waals surface area contributed by atoms with Crippen LogP contribution in [0.5, 0.6) is 0 Å². The smallest absolute Gasteiger partial charge is 0.117 e. The Labute approximate surface area is 120 Å². The van der Waals surface area contributed by atoms with E-state index in [2.05, 4.69) is 40.5 Å². The van der Waals surface area contributed by atoms with E-state index in [0.29, 0.717) is 5.92 Å². The molecule has 20 heavy (non-hydrogen) atoms. The highest BCUT2D eigenvalue weighted by molar-refractivity contribution is 5.20. The summed E-state index contributed by atoms with van der Waals surface area (Å²) in [5, 5.41) is 3.43. The van der Waals surface area contributed by atoms with Crippen LogP contribution in [-0.2, 0) is 6.54 Å². The third kappa shape index (κ3) is 3.50. The van der Waals surface area contributed by atoms with E-state index in [9.17, 15) is 0 Å². The molecule has 1 atom stereocenters. The molecule has 3 rings (SSSR count). The van der Waals surface area contributed by atoms with Crippen molar-refractivity contribution in [2.75, 3.05) is 26.2 Å². The molecule has 0 radical (unpaired) electrons. The molecule has 1 unspecified atom stereocenters. The van der Waals surface area contributed by atoms with E-state index in [-0.39, 0.29) is 0 Å². The lowest BCUT2D eigenvalue weighted by Gasteiger charge is -2.16. The monoisotopic (exact) mass is 270 g/mol. The number of hydrogen-bond donors (Lipinski definition) is 1. The quantitative estimate of drug-likeness (QED) is 0.818. The molecule has 0 aliphatic carbocycles. The Morgan fingerprint density at radius 2 is 2.05 bits per heavy atom. The standard InChI is InChI=1S/C17H22N2O/c1-2-5-15(6-3-1)16-8-10-19(14-16)11-9-18-13-17-7-4-12-20-17/h1-7,12,16,18H,8-11,13-14H2. The van der Waals surface area contributed by atoms with Crippen LogP contribution in [0.3, 0.4) is 0 Å². The van der Waals surface area contributed by atoms with Crippen LogP contribution in [0.1, 0.15) is 23.7 Å². The number of furan rings is 1. The summed E-state index contributed by atoms with van der Waals surface area (Å²) < 4.78 is 5.30. The minimum atomic E-state index is 0.710. The molecule has 2 aromatic rings. The molecule has 106 valence electrons. The fourth-order valence-corrected chi connectivity index (χ4v) is 2.89. The normalized spacial score (nSPS) is 19.5. The van der Waals surface area contributed by atoms with Crippen LogP contribution in [0.15, 0.2) is 53.1 Å². The average Bonchev–Trinajstić information content (AvgIpc) is 3.16. The molecule has 0 saturated carbocycles. The first kappa shape index (κ1) is 13.4. The maximum Gasteiger partial charge on any atom is 0.117 e. The van der Waals surface area contributed by atoms with Crippen LogP contribution in [0.2, 0.25) is 0 Å². The number of rotatable bonds is 6. The van der Waals surface area contributed by atoms with Crippen molar-refractivity contribution in [3.8, 4) is 0 Å². The highest BCUT2D eigenvalue weighted by Crippen LogP contribution is 2.26. The minimum Gasteiger partial charge on any atom is -0.468 e. The van der Waals surface area contributed by atoms with E-state index < -0.39 is 0 Å². The lowest BCUT2D eigenvalue weighted by atomic mass is 9.99. The molecule has 1 fully saturated rings. The third-order valence-corrected chi connectivity index (χ3v) is 4.03. The van der Waals surface area contributed by atoms with Gasteiger partial charge in [-0.15, -0.1) is 0 Å². The molecule has 1 saturated heterocycles. The van der Waals surface area contributed by atoms with Crippen molar-refractivity contribution < 1.29 is 4.42 Å². The summed E-state index contributed by atoms with van der Waals surface area (Å²) in [4.78, 5) is 2.55. The largest absolute Gasteiger partial charge is 0.468 e. The van der Waals surface area contributed by atoms with E-state index >= 15 is 0 Å². The third-order valence-electron chi connectivity index (χ3n) is 4.03. The van der Waals surface area contributed by atoms with Gasteiger partial charge in [-0.1, -0.05) is 30.3 Å². The molecule has 3 heteroatoms. The van der Waals surface area contributed by atoms with Crippen LogP contribution in [0.25, 0.3) is 0 Å². The van der Waals surface area contributed by atoms with Gasteiger partial charge in [0.2, 0.25) is 0 Å². The van der Waals surface area contributed by atoms with Gasteiger partial charge in [0.15, 0.2) is 0 Å². The highest BCUT2D eigenvalue weighted by Gasteiger charge is 2.22.